The number of aromatic nitrogens is 9. The topological polar surface area (TPSA) is 167 Å². The summed E-state index contributed by atoms with van der Waals surface area (Å²) in [5.74, 6) is -1.54. The number of aryl methyl sites for hydroxylation is 1. The number of esters is 1. The van der Waals surface area contributed by atoms with Gasteiger partial charge in [-0.15, -0.1) is 5.10 Å². The molecule has 0 spiro atoms. The van der Waals surface area contributed by atoms with E-state index in [9.17, 15) is 28.3 Å². The zero-order chi connectivity index (χ0) is 29.9. The zero-order valence-electron chi connectivity index (χ0n) is 22.2. The van der Waals surface area contributed by atoms with Crippen LogP contribution in [0.25, 0.3) is 33.6 Å². The number of nitrogens with one attached hydrogen (secondary N) is 1. The van der Waals surface area contributed by atoms with Gasteiger partial charge in [0.05, 0.1) is 16.8 Å². The van der Waals surface area contributed by atoms with Gasteiger partial charge in [-0.3, -0.25) is 4.57 Å². The van der Waals surface area contributed by atoms with E-state index in [-0.39, 0.29) is 45.7 Å². The van der Waals surface area contributed by atoms with Gasteiger partial charge in [0.15, 0.2) is 17.2 Å². The Hall–Kier alpha value is -5.67. The van der Waals surface area contributed by atoms with Crippen LogP contribution in [0.15, 0.2) is 58.5 Å². The van der Waals surface area contributed by atoms with Crippen LogP contribution in [0, 0.1) is 0 Å². The smallest absolute Gasteiger partial charge is 0.366 e. The van der Waals surface area contributed by atoms with E-state index in [4.69, 9.17) is 4.74 Å². The number of fused-ring (bicyclic) bond motifs is 2. The molecule has 6 aromatic rings. The van der Waals surface area contributed by atoms with Crippen LogP contribution in [0.2, 0.25) is 0 Å². The van der Waals surface area contributed by atoms with Gasteiger partial charge in [-0.25, -0.2) is 33.4 Å². The summed E-state index contributed by atoms with van der Waals surface area (Å²) in [6.07, 6.45) is 2.34. The average Bonchev–Trinajstić information content (AvgIpc) is 3.67. The molecule has 2 aromatic carbocycles. The lowest BCUT2D eigenvalue weighted by atomic mass is 9.98. The summed E-state index contributed by atoms with van der Waals surface area (Å²) in [6, 6.07) is 8.70. The second kappa shape index (κ2) is 9.76. The monoisotopic (exact) mass is 577 g/mol. The number of phenols is 1. The molecule has 0 aliphatic carbocycles. The van der Waals surface area contributed by atoms with Gasteiger partial charge in [0.25, 0.3) is 0 Å². The predicted molar refractivity (Wildman–Crippen MR) is 143 cm³/mol. The van der Waals surface area contributed by atoms with Crippen molar-refractivity contribution < 1.29 is 23.4 Å². The van der Waals surface area contributed by atoms with Crippen molar-refractivity contribution in [2.75, 3.05) is 0 Å². The summed E-state index contributed by atoms with van der Waals surface area (Å²) in [5, 5.41) is 25.2. The minimum absolute atomic E-state index is 0.0145. The minimum Gasteiger partial charge on any atom is -0.508 e. The largest absolute Gasteiger partial charge is 0.508 e. The van der Waals surface area contributed by atoms with Crippen LogP contribution < -0.4 is 16.1 Å². The highest BCUT2D eigenvalue weighted by Crippen LogP contribution is 2.39. The number of imidazole rings is 1. The molecule has 4 heterocycles. The summed E-state index contributed by atoms with van der Waals surface area (Å²) in [6.45, 7) is 0.922. The van der Waals surface area contributed by atoms with Crippen LogP contribution in [-0.4, -0.2) is 54.8 Å². The molecule has 6 rings (SSSR count). The zero-order valence-corrected chi connectivity index (χ0v) is 22.2. The summed E-state index contributed by atoms with van der Waals surface area (Å²) in [7, 11) is 1.38. The number of aromatic hydroxyl groups is 1. The Morgan fingerprint density at radius 3 is 2.64 bits per heavy atom. The fourth-order valence-electron chi connectivity index (χ4n) is 4.66. The van der Waals surface area contributed by atoms with Gasteiger partial charge in [-0.2, -0.15) is 18.6 Å². The number of rotatable bonds is 6. The van der Waals surface area contributed by atoms with Crippen LogP contribution in [0.4, 0.5) is 8.78 Å². The van der Waals surface area contributed by atoms with E-state index in [0.717, 1.165) is 20.0 Å². The van der Waals surface area contributed by atoms with E-state index in [2.05, 4.69) is 25.5 Å². The molecule has 0 amide bonds. The lowest BCUT2D eigenvalue weighted by molar-refractivity contribution is 0.0729. The Kier molecular flexibility index (Phi) is 6.17. The Labute approximate surface area is 233 Å². The summed E-state index contributed by atoms with van der Waals surface area (Å²) in [5.41, 5.74) is -0.519. The van der Waals surface area contributed by atoms with Gasteiger partial charge in [-0.1, -0.05) is 19.1 Å². The van der Waals surface area contributed by atoms with Gasteiger partial charge in [0.1, 0.15) is 17.8 Å². The lowest BCUT2D eigenvalue weighted by Gasteiger charge is -2.16. The fourth-order valence-corrected chi connectivity index (χ4v) is 4.66. The first-order chi connectivity index (χ1) is 20.0. The lowest BCUT2D eigenvalue weighted by Crippen LogP contribution is -2.27. The van der Waals surface area contributed by atoms with Gasteiger partial charge >= 0.3 is 23.9 Å². The number of hydrogen-bond acceptors (Lipinski definition) is 9. The highest BCUT2D eigenvalue weighted by molar-refractivity contribution is 5.96. The van der Waals surface area contributed by atoms with Crippen LogP contribution in [-0.2, 0) is 7.05 Å². The number of carbonyl (C=O) groups excluding carboxylic acids is 1. The SMILES string of the molecule is CC(C)c1cc(-c2n[nH]c(=O)n2-c2ccc3c(ccn3C(F)F)c2)c(OC(=O)c2ncn3c(=O)n(C)nnc23)cc1O. The number of aromatic amines is 1. The first-order valence-corrected chi connectivity index (χ1v) is 12.5. The molecule has 2 N–H and O–H groups in total. The number of hydrogen-bond donors (Lipinski definition) is 2. The number of alkyl halides is 2. The molecule has 0 bridgehead atoms. The number of H-pyrrole nitrogens is 1. The van der Waals surface area contributed by atoms with Gasteiger partial charge in [0, 0.05) is 24.7 Å². The molecular formula is C26H21F2N9O5. The van der Waals surface area contributed by atoms with Crippen LogP contribution >= 0.6 is 0 Å². The van der Waals surface area contributed by atoms with E-state index in [0.29, 0.717) is 16.6 Å². The minimum atomic E-state index is -2.74. The number of halogens is 2. The highest BCUT2D eigenvalue weighted by Gasteiger charge is 2.25. The molecule has 0 atom stereocenters. The number of nitrogens with zero attached hydrogens (tertiary/aromatic N) is 8. The summed E-state index contributed by atoms with van der Waals surface area (Å²) in [4.78, 5) is 42.5. The molecule has 0 aliphatic heterocycles. The molecule has 0 aliphatic rings. The van der Waals surface area contributed by atoms with Crippen molar-refractivity contribution in [1.82, 2.24) is 43.7 Å². The molecule has 0 saturated carbocycles. The van der Waals surface area contributed by atoms with E-state index >= 15 is 0 Å². The van der Waals surface area contributed by atoms with Crippen molar-refractivity contribution in [2.45, 2.75) is 26.3 Å². The molecule has 42 heavy (non-hydrogen) atoms. The quantitative estimate of drug-likeness (QED) is 0.223. The maximum Gasteiger partial charge on any atom is 0.366 e. The molecule has 4 aromatic heterocycles. The van der Waals surface area contributed by atoms with E-state index in [1.165, 1.54) is 48.1 Å². The van der Waals surface area contributed by atoms with Crippen molar-refractivity contribution in [3.63, 3.8) is 0 Å². The average molecular weight is 578 g/mol. The number of ether oxygens (including phenoxy) is 1. The fraction of sp³-hybridized carbons (Fsp3) is 0.192. The first kappa shape index (κ1) is 26.5. The highest BCUT2D eigenvalue weighted by atomic mass is 19.3. The maximum atomic E-state index is 13.4. The van der Waals surface area contributed by atoms with Crippen molar-refractivity contribution in [3.8, 4) is 28.6 Å². The molecule has 0 radical (unpaired) electrons. The van der Waals surface area contributed by atoms with Gasteiger partial charge in [-0.05, 0) is 41.8 Å². The Morgan fingerprint density at radius 2 is 1.90 bits per heavy atom. The normalized spacial score (nSPS) is 11.8. The number of carbonyl (C=O) groups is 1. The van der Waals surface area contributed by atoms with Crippen molar-refractivity contribution >= 4 is 22.5 Å². The van der Waals surface area contributed by atoms with Gasteiger partial charge < -0.3 is 9.84 Å². The second-order valence-electron chi connectivity index (χ2n) is 9.67. The molecule has 16 heteroatoms. The molecule has 214 valence electrons. The first-order valence-electron chi connectivity index (χ1n) is 12.5. The van der Waals surface area contributed by atoms with Crippen LogP contribution in [0.3, 0.4) is 0 Å². The van der Waals surface area contributed by atoms with Crippen LogP contribution in [0.1, 0.15) is 42.4 Å². The molecule has 0 unspecified atom stereocenters. The van der Waals surface area contributed by atoms with Gasteiger partial charge in [0.2, 0.25) is 0 Å². The van der Waals surface area contributed by atoms with Crippen molar-refractivity contribution in [1.29, 1.82) is 0 Å². The van der Waals surface area contributed by atoms with Crippen LogP contribution in [0.5, 0.6) is 11.5 Å². The molecule has 14 nitrogen and oxygen atoms in total. The third-order valence-electron chi connectivity index (χ3n) is 6.73. The summed E-state index contributed by atoms with van der Waals surface area (Å²) >= 11 is 0. The second-order valence-corrected chi connectivity index (χ2v) is 9.67. The number of benzene rings is 2. The van der Waals surface area contributed by atoms with E-state index in [1.54, 1.807) is 6.07 Å². The Balaban J connectivity index is 1.49. The molecular weight excluding hydrogens is 556 g/mol. The summed E-state index contributed by atoms with van der Waals surface area (Å²) < 4.78 is 36.3. The van der Waals surface area contributed by atoms with Crippen molar-refractivity contribution in [3.05, 3.63) is 81.1 Å². The third-order valence-corrected chi connectivity index (χ3v) is 6.73. The van der Waals surface area contributed by atoms with E-state index in [1.807, 2.05) is 13.8 Å². The predicted octanol–water partition coefficient (Wildman–Crippen LogP) is 2.76. The Morgan fingerprint density at radius 1 is 1.12 bits per heavy atom. The van der Waals surface area contributed by atoms with E-state index < -0.39 is 23.9 Å². The third kappa shape index (κ3) is 4.20. The van der Waals surface area contributed by atoms with Crippen molar-refractivity contribution in [2.24, 2.45) is 7.05 Å². The Bertz CT molecular complexity index is 2140. The number of phenolic OH excluding ortho intramolecular Hbond substituents is 1. The standard InChI is InChI=1S/C26H21F2N9O5/c1-12(2)15-9-16(19(10-18(15)38)42-23(39)20-22-31-33-34(3)26(41)36(22)11-29-20)21-30-32-25(40)37(21)14-4-5-17-13(8-14)6-7-35(17)24(27)28/h4-12,24,38H,1-3H3,(H,32,40). The maximum absolute atomic E-state index is 13.4. The molecule has 0 saturated heterocycles. The molecule has 0 fully saturated rings.